The molecule has 0 aliphatic heterocycles. The molecule has 2 aromatic rings. The SMILES string of the molecule is CCC(N)c1ccc(-c2ccc(CCNS(=O)(=O)C(C)C)cc2)cc1.Cl. The van der Waals surface area contributed by atoms with Crippen LogP contribution in [0.25, 0.3) is 11.1 Å². The fourth-order valence-corrected chi connectivity index (χ4v) is 3.25. The van der Waals surface area contributed by atoms with Crippen molar-refractivity contribution in [2.75, 3.05) is 6.54 Å². The summed E-state index contributed by atoms with van der Waals surface area (Å²) in [7, 11) is -3.19. The van der Waals surface area contributed by atoms with E-state index >= 15 is 0 Å². The zero-order valence-corrected chi connectivity index (χ0v) is 17.2. The minimum Gasteiger partial charge on any atom is -0.324 e. The van der Waals surface area contributed by atoms with Gasteiger partial charge in [-0.05, 0) is 48.9 Å². The Morgan fingerprint density at radius 1 is 0.962 bits per heavy atom. The van der Waals surface area contributed by atoms with Crippen molar-refractivity contribution < 1.29 is 8.42 Å². The highest BCUT2D eigenvalue weighted by Gasteiger charge is 2.14. The molecule has 3 N–H and O–H groups in total. The molecule has 0 aromatic heterocycles. The smallest absolute Gasteiger partial charge is 0.213 e. The zero-order chi connectivity index (χ0) is 18.4. The summed E-state index contributed by atoms with van der Waals surface area (Å²) in [5, 5.41) is -0.404. The second kappa shape index (κ2) is 10.1. The number of nitrogens with two attached hydrogens (primary N) is 1. The first-order valence-electron chi connectivity index (χ1n) is 8.77. The lowest BCUT2D eigenvalue weighted by molar-refractivity contribution is 0.572. The average molecular weight is 397 g/mol. The number of sulfonamides is 1. The fourth-order valence-electron chi connectivity index (χ4n) is 2.53. The Morgan fingerprint density at radius 3 is 1.92 bits per heavy atom. The van der Waals surface area contributed by atoms with Crippen molar-refractivity contribution in [3.63, 3.8) is 0 Å². The van der Waals surface area contributed by atoms with Gasteiger partial charge in [-0.25, -0.2) is 13.1 Å². The van der Waals surface area contributed by atoms with Gasteiger partial charge >= 0.3 is 0 Å². The number of benzene rings is 2. The van der Waals surface area contributed by atoms with Gasteiger partial charge in [-0.3, -0.25) is 0 Å². The molecule has 0 saturated heterocycles. The quantitative estimate of drug-likeness (QED) is 0.706. The van der Waals surface area contributed by atoms with E-state index in [0.29, 0.717) is 13.0 Å². The second-order valence-electron chi connectivity index (χ2n) is 6.57. The summed E-state index contributed by atoms with van der Waals surface area (Å²) < 4.78 is 26.1. The van der Waals surface area contributed by atoms with E-state index in [-0.39, 0.29) is 18.4 Å². The van der Waals surface area contributed by atoms with Crippen LogP contribution < -0.4 is 10.5 Å². The van der Waals surface area contributed by atoms with E-state index in [0.717, 1.165) is 28.7 Å². The van der Waals surface area contributed by atoms with Gasteiger partial charge in [-0.1, -0.05) is 55.5 Å². The van der Waals surface area contributed by atoms with Crippen molar-refractivity contribution >= 4 is 22.4 Å². The van der Waals surface area contributed by atoms with Crippen LogP contribution in [0.15, 0.2) is 48.5 Å². The first-order chi connectivity index (χ1) is 11.8. The molecule has 0 aliphatic rings. The topological polar surface area (TPSA) is 72.2 Å². The van der Waals surface area contributed by atoms with Gasteiger partial charge in [0.25, 0.3) is 0 Å². The van der Waals surface area contributed by atoms with Crippen molar-refractivity contribution in [1.82, 2.24) is 4.72 Å². The molecule has 0 fully saturated rings. The van der Waals surface area contributed by atoms with Crippen LogP contribution in [0.5, 0.6) is 0 Å². The number of hydrogen-bond acceptors (Lipinski definition) is 3. The van der Waals surface area contributed by atoms with Crippen LogP contribution in [-0.2, 0) is 16.4 Å². The summed E-state index contributed by atoms with van der Waals surface area (Å²) in [5.41, 5.74) is 10.6. The molecule has 1 unspecified atom stereocenters. The van der Waals surface area contributed by atoms with Gasteiger partial charge in [0.05, 0.1) is 5.25 Å². The van der Waals surface area contributed by atoms with Crippen LogP contribution in [0.1, 0.15) is 44.4 Å². The van der Waals surface area contributed by atoms with Crippen LogP contribution in [-0.4, -0.2) is 20.2 Å². The van der Waals surface area contributed by atoms with E-state index in [1.807, 2.05) is 12.1 Å². The minimum atomic E-state index is -3.19. The van der Waals surface area contributed by atoms with Crippen molar-refractivity contribution in [3.8, 4) is 11.1 Å². The molecule has 0 spiro atoms. The van der Waals surface area contributed by atoms with Gasteiger partial charge in [0.15, 0.2) is 0 Å². The molecule has 2 aromatic carbocycles. The maximum atomic E-state index is 11.7. The van der Waals surface area contributed by atoms with Gasteiger partial charge in [0.2, 0.25) is 10.0 Å². The van der Waals surface area contributed by atoms with E-state index in [1.165, 1.54) is 0 Å². The summed E-state index contributed by atoms with van der Waals surface area (Å²) in [5.74, 6) is 0. The predicted molar refractivity (Wildman–Crippen MR) is 112 cm³/mol. The Hall–Kier alpha value is -1.40. The van der Waals surface area contributed by atoms with E-state index in [2.05, 4.69) is 48.0 Å². The van der Waals surface area contributed by atoms with E-state index in [9.17, 15) is 8.42 Å². The fraction of sp³-hybridized carbons (Fsp3) is 0.400. The van der Waals surface area contributed by atoms with Gasteiger partial charge in [-0.2, -0.15) is 0 Å². The van der Waals surface area contributed by atoms with E-state index < -0.39 is 15.3 Å². The molecule has 6 heteroatoms. The lowest BCUT2D eigenvalue weighted by Gasteiger charge is -2.11. The molecular formula is C20H29ClN2O2S. The van der Waals surface area contributed by atoms with Crippen molar-refractivity contribution in [2.45, 2.75) is 44.9 Å². The van der Waals surface area contributed by atoms with Gasteiger partial charge in [0, 0.05) is 12.6 Å². The third kappa shape index (κ3) is 6.09. The Morgan fingerprint density at radius 2 is 1.46 bits per heavy atom. The molecule has 0 heterocycles. The van der Waals surface area contributed by atoms with Gasteiger partial charge in [0.1, 0.15) is 0 Å². The molecule has 0 amide bonds. The Labute approximate surface area is 163 Å². The highest BCUT2D eigenvalue weighted by molar-refractivity contribution is 7.90. The number of rotatable bonds is 8. The Balaban J connectivity index is 0.00000338. The van der Waals surface area contributed by atoms with Gasteiger partial charge < -0.3 is 5.73 Å². The van der Waals surface area contributed by atoms with Crippen LogP contribution in [0.2, 0.25) is 0 Å². The Bertz CT molecular complexity index is 772. The van der Waals surface area contributed by atoms with Crippen LogP contribution in [0.3, 0.4) is 0 Å². The summed E-state index contributed by atoms with van der Waals surface area (Å²) in [6.07, 6.45) is 1.60. The molecule has 0 saturated carbocycles. The summed E-state index contributed by atoms with van der Waals surface area (Å²) >= 11 is 0. The highest BCUT2D eigenvalue weighted by atomic mass is 35.5. The summed E-state index contributed by atoms with van der Waals surface area (Å²) in [6, 6.07) is 16.7. The van der Waals surface area contributed by atoms with Crippen molar-refractivity contribution in [2.24, 2.45) is 5.73 Å². The molecule has 0 aliphatic carbocycles. The molecule has 0 bridgehead atoms. The first kappa shape index (κ1) is 22.6. The first-order valence-corrected chi connectivity index (χ1v) is 10.3. The molecule has 2 rings (SSSR count). The van der Waals surface area contributed by atoms with Crippen molar-refractivity contribution in [3.05, 3.63) is 59.7 Å². The molecule has 4 nitrogen and oxygen atoms in total. The normalized spacial score (nSPS) is 12.7. The van der Waals surface area contributed by atoms with Crippen molar-refractivity contribution in [1.29, 1.82) is 0 Å². The van der Waals surface area contributed by atoms with Gasteiger partial charge in [-0.15, -0.1) is 12.4 Å². The van der Waals surface area contributed by atoms with Crippen LogP contribution in [0, 0.1) is 0 Å². The third-order valence-electron chi connectivity index (χ3n) is 4.40. The average Bonchev–Trinajstić information content (AvgIpc) is 2.61. The highest BCUT2D eigenvalue weighted by Crippen LogP contribution is 2.23. The lowest BCUT2D eigenvalue weighted by atomic mass is 9.99. The number of nitrogens with one attached hydrogen (secondary N) is 1. The number of halogens is 1. The Kier molecular flexibility index (Phi) is 8.77. The van der Waals surface area contributed by atoms with Crippen LogP contribution in [0.4, 0.5) is 0 Å². The monoisotopic (exact) mass is 396 g/mol. The maximum absolute atomic E-state index is 11.7. The van der Waals surface area contributed by atoms with E-state index in [4.69, 9.17) is 5.73 Å². The molecule has 0 radical (unpaired) electrons. The maximum Gasteiger partial charge on any atom is 0.213 e. The zero-order valence-electron chi connectivity index (χ0n) is 15.6. The molecular weight excluding hydrogens is 368 g/mol. The second-order valence-corrected chi connectivity index (χ2v) is 8.89. The molecule has 26 heavy (non-hydrogen) atoms. The van der Waals surface area contributed by atoms with E-state index in [1.54, 1.807) is 13.8 Å². The lowest BCUT2D eigenvalue weighted by Crippen LogP contribution is -2.32. The largest absolute Gasteiger partial charge is 0.324 e. The molecule has 1 atom stereocenters. The summed E-state index contributed by atoms with van der Waals surface area (Å²) in [6.45, 7) is 5.85. The number of hydrogen-bond donors (Lipinski definition) is 2. The minimum absolute atomic E-state index is 0. The van der Waals surface area contributed by atoms with Crippen LogP contribution >= 0.6 is 12.4 Å². The predicted octanol–water partition coefficient (Wildman–Crippen LogP) is 4.06. The standard InChI is InChI=1S/C20H28N2O2S.ClH/c1-4-20(21)19-11-9-18(10-12-19)17-7-5-16(6-8-17)13-14-22-25(23,24)15(2)3;/h5-12,15,20,22H,4,13-14,21H2,1-3H3;1H. The summed E-state index contributed by atoms with van der Waals surface area (Å²) in [4.78, 5) is 0. The molecule has 144 valence electrons. The third-order valence-corrected chi connectivity index (χ3v) is 6.25.